The summed E-state index contributed by atoms with van der Waals surface area (Å²) in [4.78, 5) is 23.8. The molecule has 5 rings (SSSR count). The topological polar surface area (TPSA) is 120 Å². The number of nitrogens with zero attached hydrogens (tertiary/aromatic N) is 4. The van der Waals surface area contributed by atoms with E-state index in [2.05, 4.69) is 41.0 Å². The summed E-state index contributed by atoms with van der Waals surface area (Å²) < 4.78 is 18.5. The summed E-state index contributed by atoms with van der Waals surface area (Å²) in [7, 11) is 1.54. The Morgan fingerprint density at radius 2 is 1.97 bits per heavy atom. The van der Waals surface area contributed by atoms with Gasteiger partial charge in [0.25, 0.3) is 0 Å². The zero-order chi connectivity index (χ0) is 24.9. The molecule has 1 aliphatic heterocycles. The van der Waals surface area contributed by atoms with Crippen molar-refractivity contribution in [3.8, 4) is 11.3 Å². The molecule has 0 saturated carbocycles. The van der Waals surface area contributed by atoms with Crippen molar-refractivity contribution >= 4 is 28.6 Å². The minimum absolute atomic E-state index is 0.233. The standard InChI is InChI=1S/C25H27FN8O2/c1-36-15-21(16-2-4-18(26)5-3-16)30-25(35)31-22-13-20-19(14-29-22)24(33-32-20)17-6-7-28-23(12-17)34-10-8-27-9-11-34/h2-7,12-14,21,27H,8-11,15H2,1H3,(H,32,33)(H2,29,30,31,35). The second-order valence-corrected chi connectivity index (χ2v) is 8.49. The lowest BCUT2D eigenvalue weighted by Gasteiger charge is -2.28. The molecular formula is C25H27FN8O2. The van der Waals surface area contributed by atoms with Crippen molar-refractivity contribution in [1.82, 2.24) is 30.8 Å². The van der Waals surface area contributed by atoms with Crippen LogP contribution < -0.4 is 20.9 Å². The first-order valence-corrected chi connectivity index (χ1v) is 11.7. The average molecular weight is 491 g/mol. The summed E-state index contributed by atoms with van der Waals surface area (Å²) in [6.45, 7) is 3.91. The second kappa shape index (κ2) is 10.7. The average Bonchev–Trinajstić information content (AvgIpc) is 3.33. The van der Waals surface area contributed by atoms with Crippen LogP contribution in [0.5, 0.6) is 0 Å². The molecule has 1 aromatic carbocycles. The summed E-state index contributed by atoms with van der Waals surface area (Å²) in [6, 6.07) is 10.7. The van der Waals surface area contributed by atoms with Gasteiger partial charge < -0.3 is 20.3 Å². The number of methoxy groups -OCH3 is 1. The molecule has 1 fully saturated rings. The van der Waals surface area contributed by atoms with Crippen molar-refractivity contribution in [2.45, 2.75) is 6.04 Å². The van der Waals surface area contributed by atoms with Gasteiger partial charge in [0.05, 0.1) is 18.2 Å². The highest BCUT2D eigenvalue weighted by Crippen LogP contribution is 2.29. The maximum Gasteiger partial charge on any atom is 0.320 e. The van der Waals surface area contributed by atoms with Crippen molar-refractivity contribution in [1.29, 1.82) is 0 Å². The number of urea groups is 1. The highest BCUT2D eigenvalue weighted by Gasteiger charge is 2.17. The Hall–Kier alpha value is -4.09. The summed E-state index contributed by atoms with van der Waals surface area (Å²) in [5, 5.41) is 17.3. The number of hydrogen-bond acceptors (Lipinski definition) is 7. The summed E-state index contributed by atoms with van der Waals surface area (Å²) in [6.07, 6.45) is 3.47. The molecule has 3 aromatic heterocycles. The van der Waals surface area contributed by atoms with Crippen LogP contribution in [-0.2, 0) is 4.74 Å². The summed E-state index contributed by atoms with van der Waals surface area (Å²) in [5.41, 5.74) is 3.17. The molecule has 2 amide bonds. The highest BCUT2D eigenvalue weighted by molar-refractivity contribution is 5.96. The van der Waals surface area contributed by atoms with Gasteiger partial charge in [-0.05, 0) is 29.8 Å². The van der Waals surface area contributed by atoms with Gasteiger partial charge in [-0.2, -0.15) is 5.10 Å². The smallest absolute Gasteiger partial charge is 0.320 e. The van der Waals surface area contributed by atoms with Crippen LogP contribution in [0.4, 0.5) is 20.8 Å². The van der Waals surface area contributed by atoms with E-state index in [1.807, 2.05) is 12.1 Å². The molecule has 0 bridgehead atoms. The normalized spacial score (nSPS) is 14.6. The number of fused-ring (bicyclic) bond motifs is 1. The lowest BCUT2D eigenvalue weighted by Crippen LogP contribution is -2.43. The number of pyridine rings is 2. The first-order valence-electron chi connectivity index (χ1n) is 11.7. The number of anilines is 2. The molecule has 0 radical (unpaired) electrons. The number of aromatic nitrogens is 4. The number of piperazine rings is 1. The van der Waals surface area contributed by atoms with E-state index in [1.54, 1.807) is 30.6 Å². The van der Waals surface area contributed by atoms with Crippen LogP contribution in [0.15, 0.2) is 54.9 Å². The zero-order valence-electron chi connectivity index (χ0n) is 19.8. The Morgan fingerprint density at radius 1 is 1.17 bits per heavy atom. The van der Waals surface area contributed by atoms with Crippen molar-refractivity contribution in [2.75, 3.05) is 50.1 Å². The Kier molecular flexibility index (Phi) is 7.01. The molecule has 36 heavy (non-hydrogen) atoms. The van der Waals surface area contributed by atoms with Gasteiger partial charge in [-0.3, -0.25) is 10.4 Å². The van der Waals surface area contributed by atoms with E-state index in [1.165, 1.54) is 19.2 Å². The van der Waals surface area contributed by atoms with Gasteiger partial charge >= 0.3 is 6.03 Å². The molecule has 0 aliphatic carbocycles. The molecule has 10 nitrogen and oxygen atoms in total. The van der Waals surface area contributed by atoms with Gasteiger partial charge in [0.15, 0.2) is 0 Å². The van der Waals surface area contributed by atoms with Crippen LogP contribution in [0.1, 0.15) is 11.6 Å². The maximum atomic E-state index is 13.3. The fraction of sp³-hybridized carbons (Fsp3) is 0.280. The predicted molar refractivity (Wildman–Crippen MR) is 135 cm³/mol. The van der Waals surface area contributed by atoms with Gasteiger partial charge in [0.2, 0.25) is 0 Å². The Balaban J connectivity index is 1.30. The third kappa shape index (κ3) is 5.26. The van der Waals surface area contributed by atoms with E-state index >= 15 is 0 Å². The summed E-state index contributed by atoms with van der Waals surface area (Å²) >= 11 is 0. The minimum Gasteiger partial charge on any atom is -0.382 e. The number of hydrogen-bond donors (Lipinski definition) is 4. The number of ether oxygens (including phenoxy) is 1. The number of carbonyl (C=O) groups is 1. The third-order valence-corrected chi connectivity index (χ3v) is 6.06. The first-order chi connectivity index (χ1) is 17.6. The summed E-state index contributed by atoms with van der Waals surface area (Å²) in [5.74, 6) is 0.934. The SMILES string of the molecule is COCC(NC(=O)Nc1cc2[nH]nc(-c3ccnc(N4CCNCC4)c3)c2cn1)c1ccc(F)cc1. The first kappa shape index (κ1) is 23.6. The Bertz CT molecular complexity index is 1340. The van der Waals surface area contributed by atoms with Crippen molar-refractivity contribution in [2.24, 2.45) is 0 Å². The largest absolute Gasteiger partial charge is 0.382 e. The minimum atomic E-state index is -0.456. The number of nitrogens with one attached hydrogen (secondary N) is 4. The number of H-pyrrole nitrogens is 1. The van der Waals surface area contributed by atoms with E-state index in [0.29, 0.717) is 5.82 Å². The number of aromatic amines is 1. The zero-order valence-corrected chi connectivity index (χ0v) is 19.8. The molecule has 11 heteroatoms. The quantitative estimate of drug-likeness (QED) is 0.314. The van der Waals surface area contributed by atoms with E-state index in [0.717, 1.165) is 59.7 Å². The van der Waals surface area contributed by atoms with Crippen LogP contribution in [0.25, 0.3) is 22.2 Å². The lowest BCUT2D eigenvalue weighted by molar-refractivity contribution is 0.168. The Labute approximate surface area is 207 Å². The van der Waals surface area contributed by atoms with Crippen molar-refractivity contribution in [3.05, 3.63) is 66.2 Å². The molecule has 1 atom stereocenters. The highest BCUT2D eigenvalue weighted by atomic mass is 19.1. The molecule has 4 heterocycles. The second-order valence-electron chi connectivity index (χ2n) is 8.49. The monoisotopic (exact) mass is 490 g/mol. The van der Waals surface area contributed by atoms with E-state index in [-0.39, 0.29) is 12.4 Å². The molecule has 1 unspecified atom stereocenters. The fourth-order valence-electron chi connectivity index (χ4n) is 4.23. The number of halogens is 1. The molecule has 0 spiro atoms. The maximum absolute atomic E-state index is 13.3. The van der Waals surface area contributed by atoms with Crippen molar-refractivity contribution < 1.29 is 13.9 Å². The predicted octanol–water partition coefficient (Wildman–Crippen LogP) is 3.08. The molecule has 186 valence electrons. The van der Waals surface area contributed by atoms with Crippen LogP contribution in [-0.4, -0.2) is 66.1 Å². The Morgan fingerprint density at radius 3 is 2.75 bits per heavy atom. The van der Waals surface area contributed by atoms with Gasteiger partial charge in [-0.1, -0.05) is 12.1 Å². The molecule has 1 saturated heterocycles. The van der Waals surface area contributed by atoms with Gasteiger partial charge in [-0.25, -0.2) is 19.2 Å². The number of amides is 2. The van der Waals surface area contributed by atoms with Gasteiger partial charge in [0, 0.05) is 62.7 Å². The molecule has 4 aromatic rings. The fourth-order valence-corrected chi connectivity index (χ4v) is 4.23. The van der Waals surface area contributed by atoms with E-state index in [9.17, 15) is 9.18 Å². The van der Waals surface area contributed by atoms with Crippen LogP contribution in [0.3, 0.4) is 0 Å². The van der Waals surface area contributed by atoms with E-state index < -0.39 is 12.1 Å². The number of carbonyl (C=O) groups excluding carboxylic acids is 1. The third-order valence-electron chi connectivity index (χ3n) is 6.06. The molecule has 4 N–H and O–H groups in total. The molecular weight excluding hydrogens is 463 g/mol. The molecule has 1 aliphatic rings. The number of rotatable bonds is 7. The van der Waals surface area contributed by atoms with Crippen molar-refractivity contribution in [3.63, 3.8) is 0 Å². The van der Waals surface area contributed by atoms with Crippen LogP contribution in [0, 0.1) is 5.82 Å². The van der Waals surface area contributed by atoms with E-state index in [4.69, 9.17) is 4.74 Å². The van der Waals surface area contributed by atoms with Crippen LogP contribution in [0.2, 0.25) is 0 Å². The number of benzene rings is 1. The van der Waals surface area contributed by atoms with Gasteiger partial charge in [-0.15, -0.1) is 0 Å². The van der Waals surface area contributed by atoms with Gasteiger partial charge in [0.1, 0.15) is 23.1 Å². The van der Waals surface area contributed by atoms with Crippen LogP contribution >= 0.6 is 0 Å². The lowest BCUT2D eigenvalue weighted by atomic mass is 10.1.